The van der Waals surface area contributed by atoms with E-state index in [0.29, 0.717) is 26.3 Å². The molecule has 0 aliphatic carbocycles. The van der Waals surface area contributed by atoms with Crippen LogP contribution in [0, 0.1) is 0 Å². The fourth-order valence-electron chi connectivity index (χ4n) is 0.892. The minimum absolute atomic E-state index is 0.601. The maximum Gasteiger partial charge on any atom is 0.0610 e. The molecule has 0 bridgehead atoms. The summed E-state index contributed by atoms with van der Waals surface area (Å²) in [5.74, 6) is 0. The highest BCUT2D eigenvalue weighted by atomic mass is 32.3. The van der Waals surface area contributed by atoms with E-state index in [1.54, 1.807) is 4.31 Å². The molecule has 0 spiro atoms. The Labute approximate surface area is 62.3 Å². The average Bonchev–Trinajstić information content (AvgIpc) is 1.88. The van der Waals surface area contributed by atoms with Crippen LogP contribution in [0.25, 0.3) is 0 Å². The highest BCUT2D eigenvalue weighted by molar-refractivity contribution is 8.21. The van der Waals surface area contributed by atoms with Crippen molar-refractivity contribution in [1.29, 1.82) is 0 Å². The molecule has 1 heterocycles. The lowest BCUT2D eigenvalue weighted by molar-refractivity contribution is 0.0690. The molecule has 1 aliphatic heterocycles. The molecule has 0 atom stereocenters. The Balaban J connectivity index is 2.39. The van der Waals surface area contributed by atoms with Crippen molar-refractivity contribution in [3.63, 3.8) is 0 Å². The first-order valence-corrected chi connectivity index (χ1v) is 5.08. The lowest BCUT2D eigenvalue weighted by atomic mass is 10.5. The van der Waals surface area contributed by atoms with Gasteiger partial charge in [0.1, 0.15) is 0 Å². The maximum atomic E-state index is 9.15. The zero-order chi connectivity index (χ0) is 7.61. The Morgan fingerprint density at radius 1 is 1.30 bits per heavy atom. The Morgan fingerprint density at radius 3 is 2.10 bits per heavy atom. The van der Waals surface area contributed by atoms with Crippen LogP contribution in [0.1, 0.15) is 0 Å². The van der Waals surface area contributed by atoms with Crippen molar-refractivity contribution in [1.82, 2.24) is 4.31 Å². The molecule has 10 heavy (non-hydrogen) atoms. The molecule has 0 aromatic heterocycles. The van der Waals surface area contributed by atoms with Crippen molar-refractivity contribution in [2.75, 3.05) is 32.6 Å². The number of rotatable bonds is 1. The molecular formula is C5H13NO3S. The number of hydrogen-bond donors (Lipinski definition) is 2. The van der Waals surface area contributed by atoms with E-state index in [9.17, 15) is 0 Å². The molecule has 0 aromatic rings. The Morgan fingerprint density at radius 2 is 1.80 bits per heavy atom. The molecule has 0 radical (unpaired) electrons. The van der Waals surface area contributed by atoms with Gasteiger partial charge in [-0.2, -0.15) is 0 Å². The Bertz CT molecular complexity index is 108. The summed E-state index contributed by atoms with van der Waals surface area (Å²) in [4.78, 5) is 0. The van der Waals surface area contributed by atoms with Crippen molar-refractivity contribution in [2.24, 2.45) is 0 Å². The van der Waals surface area contributed by atoms with Crippen molar-refractivity contribution < 1.29 is 13.8 Å². The average molecular weight is 167 g/mol. The van der Waals surface area contributed by atoms with Crippen LogP contribution in [0.3, 0.4) is 0 Å². The first-order valence-electron chi connectivity index (χ1n) is 3.17. The van der Waals surface area contributed by atoms with Gasteiger partial charge in [-0.05, 0) is 0 Å². The normalized spacial score (nSPS) is 24.7. The lowest BCUT2D eigenvalue weighted by Crippen LogP contribution is -2.37. The molecule has 62 valence electrons. The molecule has 4 nitrogen and oxygen atoms in total. The minimum atomic E-state index is -2.47. The summed E-state index contributed by atoms with van der Waals surface area (Å²) in [5.41, 5.74) is 0. The van der Waals surface area contributed by atoms with Gasteiger partial charge >= 0.3 is 0 Å². The van der Waals surface area contributed by atoms with Gasteiger partial charge in [0.25, 0.3) is 0 Å². The lowest BCUT2D eigenvalue weighted by Gasteiger charge is -2.41. The van der Waals surface area contributed by atoms with Crippen LogP contribution in [0.4, 0.5) is 0 Å². The van der Waals surface area contributed by atoms with Crippen LogP contribution in [-0.2, 0) is 4.74 Å². The van der Waals surface area contributed by atoms with E-state index in [4.69, 9.17) is 13.8 Å². The van der Waals surface area contributed by atoms with Gasteiger partial charge in [0.2, 0.25) is 0 Å². The van der Waals surface area contributed by atoms with Gasteiger partial charge in [0.15, 0.2) is 0 Å². The second-order valence-electron chi connectivity index (χ2n) is 2.33. The standard InChI is InChI=1S/C5H13NO3S/c1-10(7,8)6-2-4-9-5-3-6/h7-8H,2-5H2,1H3. The first-order chi connectivity index (χ1) is 4.61. The van der Waals surface area contributed by atoms with Gasteiger partial charge in [-0.25, -0.2) is 4.31 Å². The van der Waals surface area contributed by atoms with Gasteiger partial charge in [0, 0.05) is 19.3 Å². The van der Waals surface area contributed by atoms with E-state index in [-0.39, 0.29) is 0 Å². The maximum absolute atomic E-state index is 9.15. The summed E-state index contributed by atoms with van der Waals surface area (Å²) in [6.45, 7) is 2.45. The Hall–Kier alpha value is 0.190. The van der Waals surface area contributed by atoms with Gasteiger partial charge in [-0.1, -0.05) is 0 Å². The van der Waals surface area contributed by atoms with Crippen molar-refractivity contribution >= 4 is 10.8 Å². The quantitative estimate of drug-likeness (QED) is 0.601. The van der Waals surface area contributed by atoms with Gasteiger partial charge in [-0.3, -0.25) is 9.11 Å². The third kappa shape index (κ3) is 2.10. The zero-order valence-electron chi connectivity index (χ0n) is 5.99. The van der Waals surface area contributed by atoms with E-state index in [1.807, 2.05) is 0 Å². The molecule has 5 heteroatoms. The van der Waals surface area contributed by atoms with Crippen LogP contribution in [0.15, 0.2) is 0 Å². The van der Waals surface area contributed by atoms with Gasteiger partial charge < -0.3 is 4.74 Å². The second kappa shape index (κ2) is 3.06. The molecule has 1 fully saturated rings. The number of hydrogen-bond acceptors (Lipinski definition) is 4. The summed E-state index contributed by atoms with van der Waals surface area (Å²) >= 11 is 0. The second-order valence-corrected chi connectivity index (χ2v) is 4.44. The molecule has 0 unspecified atom stereocenters. The summed E-state index contributed by atoms with van der Waals surface area (Å²) in [6.07, 6.45) is 1.44. The summed E-state index contributed by atoms with van der Waals surface area (Å²) in [5, 5.41) is 0. The fourth-order valence-corrected chi connectivity index (χ4v) is 1.73. The molecule has 0 saturated carbocycles. The van der Waals surface area contributed by atoms with E-state index >= 15 is 0 Å². The van der Waals surface area contributed by atoms with Crippen molar-refractivity contribution in [2.45, 2.75) is 0 Å². The third-order valence-electron chi connectivity index (χ3n) is 1.46. The predicted octanol–water partition coefficient (Wildman–Crippen LogP) is 0.614. The van der Waals surface area contributed by atoms with Crippen molar-refractivity contribution in [3.8, 4) is 0 Å². The van der Waals surface area contributed by atoms with Gasteiger partial charge in [-0.15, -0.1) is 10.8 Å². The minimum Gasteiger partial charge on any atom is -0.379 e. The van der Waals surface area contributed by atoms with E-state index in [1.165, 1.54) is 6.26 Å². The van der Waals surface area contributed by atoms with Crippen LogP contribution < -0.4 is 0 Å². The highest BCUT2D eigenvalue weighted by Gasteiger charge is 2.19. The van der Waals surface area contributed by atoms with Crippen LogP contribution in [0.2, 0.25) is 0 Å². The van der Waals surface area contributed by atoms with E-state index < -0.39 is 10.8 Å². The number of ether oxygens (including phenoxy) is 1. The zero-order valence-corrected chi connectivity index (χ0v) is 6.80. The van der Waals surface area contributed by atoms with Crippen molar-refractivity contribution in [3.05, 3.63) is 0 Å². The third-order valence-corrected chi connectivity index (χ3v) is 2.80. The highest BCUT2D eigenvalue weighted by Crippen LogP contribution is 2.38. The van der Waals surface area contributed by atoms with E-state index in [2.05, 4.69) is 0 Å². The summed E-state index contributed by atoms with van der Waals surface area (Å²) in [7, 11) is -2.47. The molecular weight excluding hydrogens is 154 g/mol. The van der Waals surface area contributed by atoms with Crippen LogP contribution in [0.5, 0.6) is 0 Å². The van der Waals surface area contributed by atoms with E-state index in [0.717, 1.165) is 0 Å². The smallest absolute Gasteiger partial charge is 0.0610 e. The van der Waals surface area contributed by atoms with Crippen LogP contribution in [-0.4, -0.2) is 46.0 Å². The fraction of sp³-hybridized carbons (Fsp3) is 1.00. The first kappa shape index (κ1) is 8.29. The van der Waals surface area contributed by atoms with Crippen LogP contribution >= 0.6 is 10.8 Å². The summed E-state index contributed by atoms with van der Waals surface area (Å²) < 4.78 is 25.0. The number of morpholine rings is 1. The Kier molecular flexibility index (Phi) is 2.54. The number of nitrogens with zero attached hydrogens (tertiary/aromatic N) is 1. The largest absolute Gasteiger partial charge is 0.379 e. The molecule has 2 N–H and O–H groups in total. The molecule has 1 rings (SSSR count). The molecule has 0 aromatic carbocycles. The van der Waals surface area contributed by atoms with Gasteiger partial charge in [0.05, 0.1) is 13.2 Å². The topological polar surface area (TPSA) is 52.9 Å². The SMILES string of the molecule is CS(O)(O)N1CCOCC1. The molecule has 1 aliphatic rings. The molecule has 0 amide bonds. The molecule has 1 saturated heterocycles. The monoisotopic (exact) mass is 167 g/mol. The summed E-state index contributed by atoms with van der Waals surface area (Å²) in [6, 6.07) is 0. The predicted molar refractivity (Wildman–Crippen MR) is 41.2 cm³/mol.